The van der Waals surface area contributed by atoms with E-state index in [-0.39, 0.29) is 18.7 Å². The van der Waals surface area contributed by atoms with Gasteiger partial charge < -0.3 is 15.2 Å². The van der Waals surface area contributed by atoms with Crippen LogP contribution in [-0.2, 0) is 11.3 Å². The monoisotopic (exact) mass is 263 g/mol. The molecule has 4 heteroatoms. The van der Waals surface area contributed by atoms with E-state index < -0.39 is 0 Å². The fraction of sp³-hybridized carbons (Fsp3) is 0.533. The Hall–Kier alpha value is -1.55. The SMILES string of the molecule is O=C(NC1CCCC(CO)C1)OCc1ccccc1. The third-order valence-corrected chi connectivity index (χ3v) is 3.58. The van der Waals surface area contributed by atoms with E-state index in [9.17, 15) is 4.79 Å². The van der Waals surface area contributed by atoms with E-state index in [1.807, 2.05) is 30.3 Å². The Kier molecular flexibility index (Phi) is 5.21. The predicted octanol–water partition coefficient (Wildman–Crippen LogP) is 2.46. The van der Waals surface area contributed by atoms with Gasteiger partial charge in [0.05, 0.1) is 0 Å². The molecule has 1 amide bonds. The van der Waals surface area contributed by atoms with Crippen molar-refractivity contribution in [3.8, 4) is 0 Å². The third kappa shape index (κ3) is 4.56. The first-order valence-corrected chi connectivity index (χ1v) is 6.86. The smallest absolute Gasteiger partial charge is 0.407 e. The van der Waals surface area contributed by atoms with E-state index in [2.05, 4.69) is 5.32 Å². The van der Waals surface area contributed by atoms with Crippen LogP contribution in [0.25, 0.3) is 0 Å². The molecule has 1 aromatic rings. The summed E-state index contributed by atoms with van der Waals surface area (Å²) >= 11 is 0. The maximum atomic E-state index is 11.7. The summed E-state index contributed by atoms with van der Waals surface area (Å²) in [5.41, 5.74) is 0.981. The first kappa shape index (κ1) is 13.9. The summed E-state index contributed by atoms with van der Waals surface area (Å²) in [7, 11) is 0. The molecule has 2 N–H and O–H groups in total. The molecule has 104 valence electrons. The largest absolute Gasteiger partial charge is 0.445 e. The van der Waals surface area contributed by atoms with Crippen LogP contribution in [0.4, 0.5) is 4.79 Å². The molecule has 0 aliphatic heterocycles. The molecule has 1 aliphatic rings. The lowest BCUT2D eigenvalue weighted by atomic mass is 9.86. The van der Waals surface area contributed by atoms with E-state index in [0.717, 1.165) is 31.2 Å². The standard InChI is InChI=1S/C15H21NO3/c17-10-13-7-4-8-14(9-13)16-15(18)19-11-12-5-2-1-3-6-12/h1-3,5-6,13-14,17H,4,7-11H2,(H,16,18). The zero-order chi connectivity index (χ0) is 13.5. The highest BCUT2D eigenvalue weighted by atomic mass is 16.5. The van der Waals surface area contributed by atoms with Gasteiger partial charge in [-0.2, -0.15) is 0 Å². The van der Waals surface area contributed by atoms with Crippen molar-refractivity contribution in [2.45, 2.75) is 38.3 Å². The maximum absolute atomic E-state index is 11.7. The van der Waals surface area contributed by atoms with Gasteiger partial charge in [-0.05, 0) is 30.7 Å². The zero-order valence-corrected chi connectivity index (χ0v) is 11.0. The molecule has 2 rings (SSSR count). The van der Waals surface area contributed by atoms with E-state index in [4.69, 9.17) is 9.84 Å². The molecule has 0 spiro atoms. The van der Waals surface area contributed by atoms with Gasteiger partial charge in [-0.15, -0.1) is 0 Å². The number of aliphatic hydroxyl groups excluding tert-OH is 1. The lowest BCUT2D eigenvalue weighted by molar-refractivity contribution is 0.124. The minimum absolute atomic E-state index is 0.133. The number of hydrogen-bond donors (Lipinski definition) is 2. The quantitative estimate of drug-likeness (QED) is 0.877. The number of nitrogens with one attached hydrogen (secondary N) is 1. The predicted molar refractivity (Wildman–Crippen MR) is 72.6 cm³/mol. The summed E-state index contributed by atoms with van der Waals surface area (Å²) in [6.45, 7) is 0.500. The van der Waals surface area contributed by atoms with Crippen molar-refractivity contribution in [1.82, 2.24) is 5.32 Å². The summed E-state index contributed by atoms with van der Waals surface area (Å²) < 4.78 is 5.19. The zero-order valence-electron chi connectivity index (χ0n) is 11.0. The molecule has 1 fully saturated rings. The molecule has 4 nitrogen and oxygen atoms in total. The van der Waals surface area contributed by atoms with Crippen LogP contribution in [0.3, 0.4) is 0 Å². The minimum atomic E-state index is -0.368. The molecule has 2 unspecified atom stereocenters. The molecular weight excluding hydrogens is 242 g/mol. The number of rotatable bonds is 4. The normalized spacial score (nSPS) is 22.8. The van der Waals surface area contributed by atoms with Crippen LogP contribution in [0.15, 0.2) is 30.3 Å². The number of carbonyl (C=O) groups excluding carboxylic acids is 1. The Morgan fingerprint density at radius 1 is 1.32 bits per heavy atom. The van der Waals surface area contributed by atoms with Gasteiger partial charge in [0, 0.05) is 12.6 Å². The Bertz CT molecular complexity index is 394. The number of carbonyl (C=O) groups is 1. The maximum Gasteiger partial charge on any atom is 0.407 e. The van der Waals surface area contributed by atoms with Crippen molar-refractivity contribution >= 4 is 6.09 Å². The molecule has 1 aromatic carbocycles. The summed E-state index contributed by atoms with van der Waals surface area (Å²) in [4.78, 5) is 11.7. The van der Waals surface area contributed by atoms with Crippen LogP contribution in [0.1, 0.15) is 31.2 Å². The first-order valence-electron chi connectivity index (χ1n) is 6.86. The van der Waals surface area contributed by atoms with Crippen molar-refractivity contribution < 1.29 is 14.6 Å². The second-order valence-electron chi connectivity index (χ2n) is 5.12. The average molecular weight is 263 g/mol. The summed E-state index contributed by atoms with van der Waals surface area (Å²) in [6, 6.07) is 9.76. The van der Waals surface area contributed by atoms with Crippen molar-refractivity contribution in [3.63, 3.8) is 0 Å². The van der Waals surface area contributed by atoms with Gasteiger partial charge in [0.15, 0.2) is 0 Å². The fourth-order valence-corrected chi connectivity index (χ4v) is 2.52. The summed E-state index contributed by atoms with van der Waals surface area (Å²) in [5.74, 6) is 0.313. The Morgan fingerprint density at radius 2 is 2.11 bits per heavy atom. The average Bonchev–Trinajstić information content (AvgIpc) is 2.46. The third-order valence-electron chi connectivity index (χ3n) is 3.58. The highest BCUT2D eigenvalue weighted by Crippen LogP contribution is 2.23. The molecule has 0 radical (unpaired) electrons. The van der Waals surface area contributed by atoms with Crippen LogP contribution in [0, 0.1) is 5.92 Å². The summed E-state index contributed by atoms with van der Waals surface area (Å²) in [5, 5.41) is 12.0. The van der Waals surface area contributed by atoms with Crippen molar-refractivity contribution in [3.05, 3.63) is 35.9 Å². The molecule has 0 aromatic heterocycles. The minimum Gasteiger partial charge on any atom is -0.445 e. The molecular formula is C15H21NO3. The highest BCUT2D eigenvalue weighted by molar-refractivity contribution is 5.67. The van der Waals surface area contributed by atoms with Gasteiger partial charge in [0.1, 0.15) is 6.61 Å². The number of amides is 1. The first-order chi connectivity index (χ1) is 9.28. The van der Waals surface area contributed by atoms with Gasteiger partial charge in [-0.1, -0.05) is 36.8 Å². The molecule has 1 saturated carbocycles. The Morgan fingerprint density at radius 3 is 2.84 bits per heavy atom. The van der Waals surface area contributed by atoms with Crippen LogP contribution >= 0.6 is 0 Å². The van der Waals surface area contributed by atoms with Gasteiger partial charge in [0.2, 0.25) is 0 Å². The summed E-state index contributed by atoms with van der Waals surface area (Å²) in [6.07, 6.45) is 3.55. The molecule has 1 aliphatic carbocycles. The molecule has 0 saturated heterocycles. The Labute approximate surface area is 113 Å². The number of ether oxygens (including phenoxy) is 1. The molecule has 0 bridgehead atoms. The van der Waals surface area contributed by atoms with Gasteiger partial charge in [-0.3, -0.25) is 0 Å². The van der Waals surface area contributed by atoms with Crippen LogP contribution < -0.4 is 5.32 Å². The van der Waals surface area contributed by atoms with Crippen LogP contribution in [0.5, 0.6) is 0 Å². The number of benzene rings is 1. The van der Waals surface area contributed by atoms with Crippen molar-refractivity contribution in [2.24, 2.45) is 5.92 Å². The number of hydrogen-bond acceptors (Lipinski definition) is 3. The number of alkyl carbamates (subject to hydrolysis) is 1. The van der Waals surface area contributed by atoms with Crippen LogP contribution in [-0.4, -0.2) is 23.8 Å². The van der Waals surface area contributed by atoms with Gasteiger partial charge in [-0.25, -0.2) is 4.79 Å². The molecule has 2 atom stereocenters. The van der Waals surface area contributed by atoms with E-state index in [1.54, 1.807) is 0 Å². The molecule has 0 heterocycles. The van der Waals surface area contributed by atoms with E-state index in [1.165, 1.54) is 0 Å². The van der Waals surface area contributed by atoms with Crippen LogP contribution in [0.2, 0.25) is 0 Å². The van der Waals surface area contributed by atoms with E-state index in [0.29, 0.717) is 12.5 Å². The van der Waals surface area contributed by atoms with Gasteiger partial charge >= 0.3 is 6.09 Å². The van der Waals surface area contributed by atoms with Gasteiger partial charge in [0.25, 0.3) is 0 Å². The lowest BCUT2D eigenvalue weighted by Gasteiger charge is -2.28. The van der Waals surface area contributed by atoms with E-state index >= 15 is 0 Å². The fourth-order valence-electron chi connectivity index (χ4n) is 2.52. The van der Waals surface area contributed by atoms with Crippen molar-refractivity contribution in [2.75, 3.05) is 6.61 Å². The Balaban J connectivity index is 1.72. The molecule has 19 heavy (non-hydrogen) atoms. The van der Waals surface area contributed by atoms with Crippen molar-refractivity contribution in [1.29, 1.82) is 0 Å². The number of aliphatic hydroxyl groups is 1. The lowest BCUT2D eigenvalue weighted by Crippen LogP contribution is -2.39. The topological polar surface area (TPSA) is 58.6 Å². The highest BCUT2D eigenvalue weighted by Gasteiger charge is 2.23. The second-order valence-corrected chi connectivity index (χ2v) is 5.12. The second kappa shape index (κ2) is 7.14.